The molecule has 6 heteroatoms. The molecule has 0 radical (unpaired) electrons. The Morgan fingerprint density at radius 1 is 1.39 bits per heavy atom. The summed E-state index contributed by atoms with van der Waals surface area (Å²) in [6.07, 6.45) is -1.18. The molecule has 1 aliphatic heterocycles. The molecular weight excluding hydrogens is 245 g/mol. The van der Waals surface area contributed by atoms with Crippen LogP contribution in [0.2, 0.25) is 0 Å². The Bertz CT molecular complexity index is 224. The zero-order valence-electron chi connectivity index (χ0n) is 10.9. The molecule has 1 saturated heterocycles. The highest BCUT2D eigenvalue weighted by atomic mass is 19.4. The monoisotopic (exact) mass is 268 g/mol. The van der Waals surface area contributed by atoms with Crippen molar-refractivity contribution in [2.75, 3.05) is 39.4 Å². The van der Waals surface area contributed by atoms with Gasteiger partial charge in [0.25, 0.3) is 0 Å². The second kappa shape index (κ2) is 7.96. The summed E-state index contributed by atoms with van der Waals surface area (Å²) < 4.78 is 40.1. The molecule has 0 bridgehead atoms. The number of hydrogen-bond acceptors (Lipinski definition) is 3. The summed E-state index contributed by atoms with van der Waals surface area (Å²) in [5, 5.41) is 3.32. The van der Waals surface area contributed by atoms with Gasteiger partial charge in [-0.1, -0.05) is 6.92 Å². The highest BCUT2D eigenvalue weighted by molar-refractivity contribution is 4.80. The maximum absolute atomic E-state index is 11.8. The fraction of sp³-hybridized carbons (Fsp3) is 1.00. The van der Waals surface area contributed by atoms with E-state index in [1.165, 1.54) is 12.8 Å². The number of hydrogen-bond donors (Lipinski definition) is 1. The van der Waals surface area contributed by atoms with Gasteiger partial charge in [0, 0.05) is 25.7 Å². The lowest BCUT2D eigenvalue weighted by molar-refractivity contribution is -0.174. The number of likely N-dealkylation sites (tertiary alicyclic amines) is 1. The van der Waals surface area contributed by atoms with Crippen LogP contribution in [0.3, 0.4) is 0 Å². The van der Waals surface area contributed by atoms with Gasteiger partial charge >= 0.3 is 6.18 Å². The molecule has 0 aliphatic carbocycles. The molecule has 1 heterocycles. The molecule has 1 atom stereocenters. The van der Waals surface area contributed by atoms with Crippen LogP contribution < -0.4 is 5.32 Å². The summed E-state index contributed by atoms with van der Waals surface area (Å²) in [4.78, 5) is 2.35. The van der Waals surface area contributed by atoms with Crippen molar-refractivity contribution in [3.05, 3.63) is 0 Å². The maximum Gasteiger partial charge on any atom is 0.411 e. The van der Waals surface area contributed by atoms with Crippen LogP contribution in [0.4, 0.5) is 13.2 Å². The molecule has 1 unspecified atom stereocenters. The highest BCUT2D eigenvalue weighted by Crippen LogP contribution is 2.17. The SMILES string of the molecule is CCNCC1CCCN1CCCOCC(F)(F)F. The fourth-order valence-corrected chi connectivity index (χ4v) is 2.29. The minimum Gasteiger partial charge on any atom is -0.372 e. The van der Waals surface area contributed by atoms with Gasteiger partial charge in [0.15, 0.2) is 0 Å². The third kappa shape index (κ3) is 6.56. The van der Waals surface area contributed by atoms with Crippen molar-refractivity contribution in [1.29, 1.82) is 0 Å². The lowest BCUT2D eigenvalue weighted by Crippen LogP contribution is -2.38. The van der Waals surface area contributed by atoms with Gasteiger partial charge in [-0.3, -0.25) is 4.90 Å². The number of ether oxygens (including phenoxy) is 1. The Balaban J connectivity index is 2.07. The van der Waals surface area contributed by atoms with Crippen molar-refractivity contribution in [3.63, 3.8) is 0 Å². The van der Waals surface area contributed by atoms with Gasteiger partial charge in [-0.2, -0.15) is 13.2 Å². The largest absolute Gasteiger partial charge is 0.411 e. The van der Waals surface area contributed by atoms with Crippen molar-refractivity contribution in [2.24, 2.45) is 0 Å². The van der Waals surface area contributed by atoms with E-state index in [4.69, 9.17) is 0 Å². The summed E-state index contributed by atoms with van der Waals surface area (Å²) in [6.45, 7) is 4.93. The molecular formula is C12H23F3N2O. The average molecular weight is 268 g/mol. The standard InChI is InChI=1S/C12H23F3N2O/c1-2-16-9-11-5-3-6-17(11)7-4-8-18-10-12(13,14)15/h11,16H,2-10H2,1H3. The van der Waals surface area contributed by atoms with Gasteiger partial charge in [0.2, 0.25) is 0 Å². The van der Waals surface area contributed by atoms with E-state index in [1.807, 2.05) is 0 Å². The Hall–Kier alpha value is -0.330. The lowest BCUT2D eigenvalue weighted by atomic mass is 10.2. The highest BCUT2D eigenvalue weighted by Gasteiger charge is 2.27. The average Bonchev–Trinajstić information content (AvgIpc) is 2.72. The minimum absolute atomic E-state index is 0.184. The summed E-state index contributed by atoms with van der Waals surface area (Å²) in [5.41, 5.74) is 0. The molecule has 1 rings (SSSR count). The van der Waals surface area contributed by atoms with E-state index in [0.29, 0.717) is 12.5 Å². The first-order valence-corrected chi connectivity index (χ1v) is 6.62. The predicted molar refractivity (Wildman–Crippen MR) is 64.6 cm³/mol. The topological polar surface area (TPSA) is 24.5 Å². The van der Waals surface area contributed by atoms with Crippen LogP contribution in [0.5, 0.6) is 0 Å². The third-order valence-corrected chi connectivity index (χ3v) is 3.13. The quantitative estimate of drug-likeness (QED) is 0.682. The van der Waals surface area contributed by atoms with Crippen LogP contribution in [0.25, 0.3) is 0 Å². The van der Waals surface area contributed by atoms with Crippen molar-refractivity contribution in [2.45, 2.75) is 38.4 Å². The van der Waals surface area contributed by atoms with E-state index in [0.717, 1.165) is 26.2 Å². The van der Waals surface area contributed by atoms with E-state index in [2.05, 4.69) is 21.9 Å². The molecule has 1 aliphatic rings. The molecule has 108 valence electrons. The zero-order chi connectivity index (χ0) is 13.4. The third-order valence-electron chi connectivity index (χ3n) is 3.13. The molecule has 0 aromatic heterocycles. The Morgan fingerprint density at radius 3 is 2.83 bits per heavy atom. The molecule has 1 N–H and O–H groups in total. The van der Waals surface area contributed by atoms with E-state index >= 15 is 0 Å². The number of rotatable bonds is 8. The molecule has 0 saturated carbocycles. The molecule has 0 aromatic rings. The molecule has 18 heavy (non-hydrogen) atoms. The zero-order valence-corrected chi connectivity index (χ0v) is 10.9. The van der Waals surface area contributed by atoms with Crippen molar-refractivity contribution < 1.29 is 17.9 Å². The van der Waals surface area contributed by atoms with Crippen LogP contribution in [0, 0.1) is 0 Å². The molecule has 3 nitrogen and oxygen atoms in total. The Morgan fingerprint density at radius 2 is 2.17 bits per heavy atom. The van der Waals surface area contributed by atoms with Crippen LogP contribution in [0.1, 0.15) is 26.2 Å². The minimum atomic E-state index is -4.21. The first-order valence-electron chi connectivity index (χ1n) is 6.62. The molecule has 0 amide bonds. The van der Waals surface area contributed by atoms with Crippen LogP contribution in [0.15, 0.2) is 0 Å². The Labute approximate surface area is 107 Å². The molecule has 0 spiro atoms. The van der Waals surface area contributed by atoms with Crippen LogP contribution >= 0.6 is 0 Å². The van der Waals surface area contributed by atoms with Crippen LogP contribution in [-0.2, 0) is 4.74 Å². The van der Waals surface area contributed by atoms with Gasteiger partial charge in [0.05, 0.1) is 0 Å². The summed E-state index contributed by atoms with van der Waals surface area (Å²) in [7, 11) is 0. The molecule has 0 aromatic carbocycles. The smallest absolute Gasteiger partial charge is 0.372 e. The first kappa shape index (κ1) is 15.7. The molecule has 1 fully saturated rings. The van der Waals surface area contributed by atoms with Crippen molar-refractivity contribution in [3.8, 4) is 0 Å². The van der Waals surface area contributed by atoms with Crippen molar-refractivity contribution in [1.82, 2.24) is 10.2 Å². The fourth-order valence-electron chi connectivity index (χ4n) is 2.29. The summed E-state index contributed by atoms with van der Waals surface area (Å²) in [6, 6.07) is 0.535. The first-order chi connectivity index (χ1) is 8.53. The number of nitrogens with zero attached hydrogens (tertiary/aromatic N) is 1. The Kier molecular flexibility index (Phi) is 6.96. The van der Waals surface area contributed by atoms with Gasteiger partial charge in [-0.25, -0.2) is 0 Å². The number of likely N-dealkylation sites (N-methyl/N-ethyl adjacent to an activating group) is 1. The van der Waals surface area contributed by atoms with E-state index in [-0.39, 0.29) is 6.61 Å². The second-order valence-corrected chi connectivity index (χ2v) is 4.66. The number of alkyl halides is 3. The number of nitrogens with one attached hydrogen (secondary N) is 1. The number of halogens is 3. The second-order valence-electron chi connectivity index (χ2n) is 4.66. The van der Waals surface area contributed by atoms with Crippen LogP contribution in [-0.4, -0.2) is 56.5 Å². The van der Waals surface area contributed by atoms with Crippen molar-refractivity contribution >= 4 is 0 Å². The summed E-state index contributed by atoms with van der Waals surface area (Å²) >= 11 is 0. The maximum atomic E-state index is 11.8. The summed E-state index contributed by atoms with van der Waals surface area (Å²) in [5.74, 6) is 0. The van der Waals surface area contributed by atoms with Gasteiger partial charge < -0.3 is 10.1 Å². The predicted octanol–water partition coefficient (Wildman–Crippen LogP) is 2.03. The van der Waals surface area contributed by atoms with E-state index in [9.17, 15) is 13.2 Å². The van der Waals surface area contributed by atoms with Gasteiger partial charge in [-0.15, -0.1) is 0 Å². The lowest BCUT2D eigenvalue weighted by Gasteiger charge is -2.24. The normalized spacial score (nSPS) is 21.7. The van der Waals surface area contributed by atoms with Gasteiger partial charge in [0.1, 0.15) is 6.61 Å². The van der Waals surface area contributed by atoms with E-state index in [1.54, 1.807) is 0 Å². The van der Waals surface area contributed by atoms with E-state index < -0.39 is 12.8 Å². The van der Waals surface area contributed by atoms with Gasteiger partial charge in [-0.05, 0) is 32.4 Å².